The molecule has 240 valence electrons. The molecule has 4 heterocycles. The van der Waals surface area contributed by atoms with Gasteiger partial charge in [-0.15, -0.1) is 0 Å². The fourth-order valence-corrected chi connectivity index (χ4v) is 6.18. The Hall–Kier alpha value is -3.80. The number of halogens is 3. The third-order valence-corrected chi connectivity index (χ3v) is 9.02. The summed E-state index contributed by atoms with van der Waals surface area (Å²) in [5.41, 5.74) is 4.63. The van der Waals surface area contributed by atoms with Gasteiger partial charge in [0, 0.05) is 85.5 Å². The van der Waals surface area contributed by atoms with Crippen LogP contribution in [-0.2, 0) is 22.6 Å². The van der Waals surface area contributed by atoms with E-state index in [1.54, 1.807) is 37.7 Å². The van der Waals surface area contributed by atoms with Gasteiger partial charge in [-0.25, -0.2) is 9.37 Å². The van der Waals surface area contributed by atoms with E-state index >= 15 is 4.39 Å². The zero-order valence-corrected chi connectivity index (χ0v) is 26.8. The van der Waals surface area contributed by atoms with Crippen molar-refractivity contribution in [2.45, 2.75) is 44.5 Å². The summed E-state index contributed by atoms with van der Waals surface area (Å²) in [5.74, 6) is 0.415. The van der Waals surface area contributed by atoms with Crippen LogP contribution in [0.4, 0.5) is 15.9 Å². The third-order valence-electron chi connectivity index (χ3n) is 8.23. The summed E-state index contributed by atoms with van der Waals surface area (Å²) in [6.45, 7) is 3.07. The monoisotopic (exact) mass is 664 g/mol. The standard InChI is InChI=1S/C34H35Cl2FN6O3/c1-45-28-15-20(5-6-21(28)16-38-18-23-7-8-29(44)42-23)33-31(36)26(10-13-40-33)25-3-2-4-27(30(25)35)43-34-32(37)22(9-12-41-34)17-39-19-24-11-14-46-24/h2-6,9-10,12-13,15,23-24,38-39H,7-8,11,14,16-19H2,1H3,(H,41,43)(H,42,44)/t23-,24-/m0/s1. The number of hydrogen-bond acceptors (Lipinski definition) is 8. The first-order valence-electron chi connectivity index (χ1n) is 15.2. The normalized spacial score (nSPS) is 17.4. The van der Waals surface area contributed by atoms with Crippen molar-refractivity contribution < 1.29 is 18.7 Å². The molecule has 2 aromatic heterocycles. The van der Waals surface area contributed by atoms with E-state index in [9.17, 15) is 4.79 Å². The van der Waals surface area contributed by atoms with Gasteiger partial charge in [0.05, 0.1) is 34.6 Å². The van der Waals surface area contributed by atoms with Gasteiger partial charge in [0.15, 0.2) is 11.6 Å². The molecule has 2 fully saturated rings. The number of carbonyl (C=O) groups excluding carboxylic acids is 1. The molecule has 0 radical (unpaired) electrons. The van der Waals surface area contributed by atoms with Crippen LogP contribution >= 0.6 is 23.2 Å². The highest BCUT2D eigenvalue weighted by atomic mass is 35.5. The lowest BCUT2D eigenvalue weighted by molar-refractivity contribution is -0.119. The first kappa shape index (κ1) is 32.2. The number of carbonyl (C=O) groups is 1. The number of rotatable bonds is 13. The maximum absolute atomic E-state index is 15.4. The zero-order valence-electron chi connectivity index (χ0n) is 25.3. The number of anilines is 2. The van der Waals surface area contributed by atoms with Gasteiger partial charge in [0.25, 0.3) is 0 Å². The van der Waals surface area contributed by atoms with E-state index in [0.29, 0.717) is 76.5 Å². The maximum atomic E-state index is 15.4. The second-order valence-corrected chi connectivity index (χ2v) is 12.1. The number of hydrogen-bond donors (Lipinski definition) is 4. The summed E-state index contributed by atoms with van der Waals surface area (Å²) < 4.78 is 26.5. The van der Waals surface area contributed by atoms with Crippen LogP contribution in [0.2, 0.25) is 10.0 Å². The molecule has 4 N–H and O–H groups in total. The summed E-state index contributed by atoms with van der Waals surface area (Å²) in [4.78, 5) is 20.3. The van der Waals surface area contributed by atoms with E-state index in [4.69, 9.17) is 32.7 Å². The summed E-state index contributed by atoms with van der Waals surface area (Å²) in [6, 6.07) is 14.9. The van der Waals surface area contributed by atoms with Gasteiger partial charge in [-0.3, -0.25) is 9.78 Å². The van der Waals surface area contributed by atoms with Crippen LogP contribution in [0, 0.1) is 5.82 Å². The first-order valence-corrected chi connectivity index (χ1v) is 16.0. The molecule has 2 aliphatic heterocycles. The molecule has 4 aromatic rings. The number of benzene rings is 2. The van der Waals surface area contributed by atoms with Crippen molar-refractivity contribution in [1.82, 2.24) is 25.9 Å². The van der Waals surface area contributed by atoms with Crippen molar-refractivity contribution in [2.24, 2.45) is 0 Å². The van der Waals surface area contributed by atoms with Crippen LogP contribution in [0.3, 0.4) is 0 Å². The molecule has 1 amide bonds. The molecule has 0 saturated carbocycles. The smallest absolute Gasteiger partial charge is 0.220 e. The first-order chi connectivity index (χ1) is 22.4. The molecule has 2 aromatic carbocycles. The molecule has 46 heavy (non-hydrogen) atoms. The van der Waals surface area contributed by atoms with Crippen LogP contribution in [0.5, 0.6) is 5.75 Å². The zero-order chi connectivity index (χ0) is 32.0. The number of pyridine rings is 2. The predicted molar refractivity (Wildman–Crippen MR) is 178 cm³/mol. The van der Waals surface area contributed by atoms with Gasteiger partial charge >= 0.3 is 0 Å². The minimum absolute atomic E-state index is 0.0782. The van der Waals surface area contributed by atoms with Gasteiger partial charge in [-0.05, 0) is 37.1 Å². The van der Waals surface area contributed by atoms with Gasteiger partial charge in [-0.2, -0.15) is 0 Å². The minimum atomic E-state index is -0.451. The van der Waals surface area contributed by atoms with E-state index in [1.807, 2.05) is 30.3 Å². The van der Waals surface area contributed by atoms with Crippen molar-refractivity contribution in [3.63, 3.8) is 0 Å². The fraction of sp³-hybridized carbons (Fsp3) is 0.324. The quantitative estimate of drug-likeness (QED) is 0.133. The van der Waals surface area contributed by atoms with Crippen LogP contribution in [0.1, 0.15) is 30.4 Å². The summed E-state index contributed by atoms with van der Waals surface area (Å²) >= 11 is 13.9. The van der Waals surface area contributed by atoms with Gasteiger partial charge in [0.2, 0.25) is 5.91 Å². The minimum Gasteiger partial charge on any atom is -0.496 e. The molecule has 12 heteroatoms. The van der Waals surface area contributed by atoms with Crippen LogP contribution in [0.15, 0.2) is 60.9 Å². The van der Waals surface area contributed by atoms with Gasteiger partial charge in [-0.1, -0.05) is 47.5 Å². The predicted octanol–water partition coefficient (Wildman–Crippen LogP) is 6.26. The molecular formula is C34H35Cl2FN6O3. The molecule has 2 atom stereocenters. The Bertz CT molecular complexity index is 1720. The molecule has 9 nitrogen and oxygen atoms in total. The van der Waals surface area contributed by atoms with E-state index < -0.39 is 5.82 Å². The van der Waals surface area contributed by atoms with Crippen LogP contribution in [0.25, 0.3) is 22.4 Å². The van der Waals surface area contributed by atoms with Crippen molar-refractivity contribution >= 4 is 40.6 Å². The Morgan fingerprint density at radius 3 is 2.52 bits per heavy atom. The number of amides is 1. The topological polar surface area (TPSA) is 109 Å². The summed E-state index contributed by atoms with van der Waals surface area (Å²) in [7, 11) is 1.62. The number of methoxy groups -OCH3 is 1. The lowest BCUT2D eigenvalue weighted by Crippen LogP contribution is -2.37. The van der Waals surface area contributed by atoms with E-state index in [0.717, 1.165) is 30.6 Å². The number of nitrogens with zero attached hydrogens (tertiary/aromatic N) is 2. The van der Waals surface area contributed by atoms with E-state index in [1.165, 1.54) is 0 Å². The highest BCUT2D eigenvalue weighted by Crippen LogP contribution is 2.41. The van der Waals surface area contributed by atoms with Gasteiger partial charge < -0.3 is 30.7 Å². The van der Waals surface area contributed by atoms with Crippen molar-refractivity contribution in [2.75, 3.05) is 32.1 Å². The molecule has 6 rings (SSSR count). The van der Waals surface area contributed by atoms with E-state index in [-0.39, 0.29) is 23.9 Å². The lowest BCUT2D eigenvalue weighted by Gasteiger charge is -2.26. The Kier molecular flexibility index (Phi) is 10.3. The Morgan fingerprint density at radius 2 is 1.76 bits per heavy atom. The molecular weight excluding hydrogens is 630 g/mol. The lowest BCUT2D eigenvalue weighted by atomic mass is 10.0. The van der Waals surface area contributed by atoms with Gasteiger partial charge in [0.1, 0.15) is 5.75 Å². The van der Waals surface area contributed by atoms with E-state index in [2.05, 4.69) is 31.2 Å². The summed E-state index contributed by atoms with van der Waals surface area (Å²) in [5, 5.41) is 13.5. The average Bonchev–Trinajstić information content (AvgIpc) is 3.46. The fourth-order valence-electron chi connectivity index (χ4n) is 5.59. The molecule has 2 saturated heterocycles. The highest BCUT2D eigenvalue weighted by Gasteiger charge is 2.21. The molecule has 0 spiro atoms. The summed E-state index contributed by atoms with van der Waals surface area (Å²) in [6.07, 6.45) is 5.85. The Morgan fingerprint density at radius 1 is 0.978 bits per heavy atom. The largest absolute Gasteiger partial charge is 0.496 e. The maximum Gasteiger partial charge on any atom is 0.220 e. The number of aromatic nitrogens is 2. The van der Waals surface area contributed by atoms with Crippen molar-refractivity contribution in [3.8, 4) is 28.1 Å². The second kappa shape index (κ2) is 14.7. The SMILES string of the molecule is COc1cc(-c2nccc(-c3cccc(Nc4nccc(CNC[C@@H]5CCO5)c4F)c3Cl)c2Cl)ccc1CNC[C@@H]1CCC(=O)N1. The number of ether oxygens (including phenoxy) is 2. The average molecular weight is 666 g/mol. The van der Waals surface area contributed by atoms with Crippen molar-refractivity contribution in [3.05, 3.63) is 87.9 Å². The molecule has 0 unspecified atom stereocenters. The van der Waals surface area contributed by atoms with Crippen LogP contribution in [-0.4, -0.2) is 54.8 Å². The second-order valence-electron chi connectivity index (χ2n) is 11.3. The molecule has 0 bridgehead atoms. The van der Waals surface area contributed by atoms with Crippen LogP contribution < -0.4 is 26.0 Å². The molecule has 0 aliphatic carbocycles. The molecule has 2 aliphatic rings. The Labute approximate surface area is 277 Å². The number of nitrogens with one attached hydrogen (secondary N) is 4. The Balaban J connectivity index is 1.19. The third kappa shape index (κ3) is 7.27. The highest BCUT2D eigenvalue weighted by molar-refractivity contribution is 6.39. The van der Waals surface area contributed by atoms with Crippen molar-refractivity contribution in [1.29, 1.82) is 0 Å².